The van der Waals surface area contributed by atoms with Gasteiger partial charge in [0.25, 0.3) is 0 Å². The summed E-state index contributed by atoms with van der Waals surface area (Å²) in [5.41, 5.74) is 1.35. The van der Waals surface area contributed by atoms with Gasteiger partial charge in [-0.1, -0.05) is 0 Å². The molecule has 0 saturated carbocycles. The summed E-state index contributed by atoms with van der Waals surface area (Å²) >= 11 is 7.56. The Hall–Kier alpha value is -1.66. The Kier molecular flexibility index (Phi) is 3.82. The monoisotopic (exact) mass is 325 g/mol. The molecule has 0 radical (unpaired) electrons. The van der Waals surface area contributed by atoms with Crippen LogP contribution in [-0.2, 0) is 5.88 Å². The molecule has 0 bridgehead atoms. The van der Waals surface area contributed by atoms with Gasteiger partial charge in [0.05, 0.1) is 30.1 Å². The van der Waals surface area contributed by atoms with E-state index in [0.29, 0.717) is 11.3 Å². The second-order valence-corrected chi connectivity index (χ2v) is 5.75. The molecule has 0 saturated heterocycles. The summed E-state index contributed by atoms with van der Waals surface area (Å²) < 4.78 is 20.9. The fourth-order valence-electron chi connectivity index (χ4n) is 2.38. The molecule has 0 fully saturated rings. The van der Waals surface area contributed by atoms with E-state index >= 15 is 0 Å². The molecule has 110 valence electrons. The van der Waals surface area contributed by atoms with E-state index in [1.165, 1.54) is 13.2 Å². The summed E-state index contributed by atoms with van der Waals surface area (Å²) in [6, 6.07) is 2.99. The van der Waals surface area contributed by atoms with Crippen molar-refractivity contribution in [3.63, 3.8) is 0 Å². The van der Waals surface area contributed by atoms with Gasteiger partial charge in [-0.3, -0.25) is 0 Å². The Bertz CT molecular complexity index is 772. The number of hydrogen-bond donors (Lipinski definition) is 0. The fraction of sp³-hybridized carbons (Fsp3) is 0.286. The summed E-state index contributed by atoms with van der Waals surface area (Å²) in [6.45, 7) is 2.02. The van der Waals surface area contributed by atoms with Gasteiger partial charge in [-0.15, -0.1) is 22.9 Å². The summed E-state index contributed by atoms with van der Waals surface area (Å²) in [5, 5.41) is 2.87. The molecule has 0 aliphatic rings. The molecule has 3 rings (SSSR count). The quantitative estimate of drug-likeness (QED) is 0.681. The van der Waals surface area contributed by atoms with Gasteiger partial charge >= 0.3 is 0 Å². The Morgan fingerprint density at radius 1 is 1.48 bits per heavy atom. The van der Waals surface area contributed by atoms with Crippen LogP contribution in [0.15, 0.2) is 23.7 Å². The van der Waals surface area contributed by atoms with Crippen LogP contribution in [0.2, 0.25) is 0 Å². The maximum Gasteiger partial charge on any atom is 0.167 e. The number of imidazole rings is 1. The van der Waals surface area contributed by atoms with Crippen LogP contribution in [-0.4, -0.2) is 21.6 Å². The van der Waals surface area contributed by atoms with Gasteiger partial charge < -0.3 is 9.30 Å². The van der Waals surface area contributed by atoms with Crippen LogP contribution in [0.5, 0.6) is 5.75 Å². The smallest absolute Gasteiger partial charge is 0.167 e. The second-order valence-electron chi connectivity index (χ2n) is 4.55. The van der Waals surface area contributed by atoms with Gasteiger partial charge in [0, 0.05) is 23.7 Å². The molecule has 1 atom stereocenters. The van der Waals surface area contributed by atoms with Crippen LogP contribution >= 0.6 is 22.9 Å². The lowest BCUT2D eigenvalue weighted by molar-refractivity contribution is 0.387. The number of nitrogens with zero attached hydrogens (tertiary/aromatic N) is 3. The Labute approximate surface area is 130 Å². The minimum Gasteiger partial charge on any atom is -0.494 e. The standard InChI is InChI=1S/C14H13ClFN3OS/c1-8(14-17-3-4-21-14)19-11-6-12(20-2)9(16)5-10(11)18-13(19)7-15/h3-6,8H,7H2,1-2H3. The number of thiazole rings is 1. The Morgan fingerprint density at radius 3 is 2.90 bits per heavy atom. The third kappa shape index (κ3) is 2.38. The van der Waals surface area contributed by atoms with Gasteiger partial charge in [0.15, 0.2) is 11.6 Å². The molecule has 1 unspecified atom stereocenters. The van der Waals surface area contributed by atoms with Crippen LogP contribution in [0.25, 0.3) is 11.0 Å². The van der Waals surface area contributed by atoms with E-state index in [1.807, 2.05) is 16.9 Å². The number of alkyl halides is 1. The molecule has 0 N–H and O–H groups in total. The minimum absolute atomic E-state index is 0.0288. The molecule has 3 aromatic rings. The number of benzene rings is 1. The molecule has 2 aromatic heterocycles. The SMILES string of the molecule is COc1cc2c(cc1F)nc(CCl)n2C(C)c1nccs1. The van der Waals surface area contributed by atoms with E-state index in [4.69, 9.17) is 16.3 Å². The van der Waals surface area contributed by atoms with Crippen molar-refractivity contribution < 1.29 is 9.13 Å². The molecule has 21 heavy (non-hydrogen) atoms. The summed E-state index contributed by atoms with van der Waals surface area (Å²) in [5.74, 6) is 0.685. The summed E-state index contributed by atoms with van der Waals surface area (Å²) in [7, 11) is 1.44. The highest BCUT2D eigenvalue weighted by Gasteiger charge is 2.20. The van der Waals surface area contributed by atoms with Crippen molar-refractivity contribution in [2.45, 2.75) is 18.8 Å². The van der Waals surface area contributed by atoms with E-state index in [0.717, 1.165) is 10.5 Å². The van der Waals surface area contributed by atoms with Crippen molar-refractivity contribution in [3.05, 3.63) is 40.4 Å². The zero-order valence-electron chi connectivity index (χ0n) is 11.5. The number of fused-ring (bicyclic) bond motifs is 1. The first kappa shape index (κ1) is 14.3. The first-order valence-corrected chi connectivity index (χ1v) is 7.76. The molecule has 0 amide bonds. The van der Waals surface area contributed by atoms with Gasteiger partial charge in [-0.05, 0) is 6.92 Å². The summed E-state index contributed by atoms with van der Waals surface area (Å²) in [6.07, 6.45) is 1.76. The highest BCUT2D eigenvalue weighted by molar-refractivity contribution is 7.09. The van der Waals surface area contributed by atoms with Crippen LogP contribution in [0.3, 0.4) is 0 Å². The predicted octanol–water partition coefficient (Wildman–Crippen LogP) is 3.99. The Balaban J connectivity index is 2.24. The van der Waals surface area contributed by atoms with Crippen LogP contribution in [0.4, 0.5) is 4.39 Å². The highest BCUT2D eigenvalue weighted by atomic mass is 35.5. The topological polar surface area (TPSA) is 39.9 Å². The van der Waals surface area contributed by atoms with Crippen molar-refractivity contribution in [2.24, 2.45) is 0 Å². The van der Waals surface area contributed by atoms with E-state index in [-0.39, 0.29) is 17.7 Å². The maximum absolute atomic E-state index is 13.8. The first-order chi connectivity index (χ1) is 10.2. The second kappa shape index (κ2) is 5.61. The van der Waals surface area contributed by atoms with Crippen molar-refractivity contribution in [2.75, 3.05) is 7.11 Å². The number of rotatable bonds is 4. The number of aromatic nitrogens is 3. The average Bonchev–Trinajstić information content (AvgIpc) is 3.12. The zero-order chi connectivity index (χ0) is 15.0. The molecule has 0 aliphatic heterocycles. The number of hydrogen-bond acceptors (Lipinski definition) is 4. The number of ether oxygens (including phenoxy) is 1. The number of methoxy groups -OCH3 is 1. The van der Waals surface area contributed by atoms with Crippen molar-refractivity contribution in [1.82, 2.24) is 14.5 Å². The lowest BCUT2D eigenvalue weighted by Crippen LogP contribution is -2.09. The zero-order valence-corrected chi connectivity index (χ0v) is 13.1. The Morgan fingerprint density at radius 2 is 2.29 bits per heavy atom. The van der Waals surface area contributed by atoms with E-state index in [1.54, 1.807) is 23.6 Å². The maximum atomic E-state index is 13.8. The third-order valence-corrected chi connectivity index (χ3v) is 4.54. The lowest BCUT2D eigenvalue weighted by Gasteiger charge is -2.15. The molecule has 4 nitrogen and oxygen atoms in total. The summed E-state index contributed by atoms with van der Waals surface area (Å²) in [4.78, 5) is 8.75. The van der Waals surface area contributed by atoms with Crippen LogP contribution in [0.1, 0.15) is 23.8 Å². The first-order valence-electron chi connectivity index (χ1n) is 6.35. The minimum atomic E-state index is -0.433. The van der Waals surface area contributed by atoms with E-state index in [9.17, 15) is 4.39 Å². The van der Waals surface area contributed by atoms with E-state index < -0.39 is 5.82 Å². The molecule has 2 heterocycles. The fourth-order valence-corrected chi connectivity index (χ4v) is 3.25. The van der Waals surface area contributed by atoms with Crippen LogP contribution < -0.4 is 4.74 Å². The highest BCUT2D eigenvalue weighted by Crippen LogP contribution is 2.31. The molecule has 0 spiro atoms. The molecular weight excluding hydrogens is 313 g/mol. The normalized spacial score (nSPS) is 12.8. The third-order valence-electron chi connectivity index (χ3n) is 3.35. The molecule has 7 heteroatoms. The average molecular weight is 326 g/mol. The van der Waals surface area contributed by atoms with Gasteiger partial charge in [0.1, 0.15) is 10.8 Å². The molecular formula is C14H13ClFN3OS. The van der Waals surface area contributed by atoms with Gasteiger partial charge in [-0.25, -0.2) is 14.4 Å². The van der Waals surface area contributed by atoms with E-state index in [2.05, 4.69) is 9.97 Å². The van der Waals surface area contributed by atoms with Crippen molar-refractivity contribution in [3.8, 4) is 5.75 Å². The van der Waals surface area contributed by atoms with Crippen LogP contribution in [0, 0.1) is 5.82 Å². The lowest BCUT2D eigenvalue weighted by atomic mass is 10.2. The largest absolute Gasteiger partial charge is 0.494 e. The van der Waals surface area contributed by atoms with Crippen molar-refractivity contribution >= 4 is 34.0 Å². The van der Waals surface area contributed by atoms with Gasteiger partial charge in [-0.2, -0.15) is 0 Å². The van der Waals surface area contributed by atoms with Gasteiger partial charge in [0.2, 0.25) is 0 Å². The number of halogens is 2. The van der Waals surface area contributed by atoms with Crippen molar-refractivity contribution in [1.29, 1.82) is 0 Å². The predicted molar refractivity (Wildman–Crippen MR) is 81.7 cm³/mol. The molecule has 1 aromatic carbocycles. The molecule has 0 aliphatic carbocycles.